The molecule has 5 rings (SSSR count). The number of pyridine rings is 1. The van der Waals surface area contributed by atoms with Crippen LogP contribution in [0.4, 0.5) is 10.1 Å². The van der Waals surface area contributed by atoms with Crippen molar-refractivity contribution in [2.24, 2.45) is 5.73 Å². The van der Waals surface area contributed by atoms with E-state index < -0.39 is 29.6 Å². The van der Waals surface area contributed by atoms with Gasteiger partial charge in [-0.05, 0) is 65.8 Å². The molecule has 4 aromatic rings. The Hall–Kier alpha value is -4.42. The number of hydrogen-bond acceptors (Lipinski definition) is 8. The van der Waals surface area contributed by atoms with Crippen molar-refractivity contribution in [1.82, 2.24) is 19.6 Å². The molecule has 1 saturated heterocycles. The van der Waals surface area contributed by atoms with Crippen LogP contribution in [0, 0.1) is 5.82 Å². The fraction of sp³-hybridized carbons (Fsp3) is 0.250. The predicted molar refractivity (Wildman–Crippen MR) is 148 cm³/mol. The van der Waals surface area contributed by atoms with Crippen LogP contribution in [0.5, 0.6) is 0 Å². The Kier molecular flexibility index (Phi) is 7.99. The van der Waals surface area contributed by atoms with Gasteiger partial charge < -0.3 is 26.4 Å². The van der Waals surface area contributed by atoms with Gasteiger partial charge in [-0.25, -0.2) is 4.39 Å². The number of carbonyl (C=O) groups is 3. The first-order chi connectivity index (χ1) is 19.3. The van der Waals surface area contributed by atoms with Crippen molar-refractivity contribution in [3.05, 3.63) is 88.3 Å². The Morgan fingerprint density at radius 2 is 1.98 bits per heavy atom. The minimum Gasteiger partial charge on any atom is -0.395 e. The molecule has 3 amide bonds. The fourth-order valence-corrected chi connectivity index (χ4v) is 5.44. The molecule has 2 aromatic carbocycles. The van der Waals surface area contributed by atoms with Gasteiger partial charge in [0.05, 0.1) is 17.3 Å². The number of amides is 3. The topological polar surface area (TPSA) is 154 Å². The summed E-state index contributed by atoms with van der Waals surface area (Å²) in [6, 6.07) is 13.5. The molecule has 2 aromatic heterocycles. The minimum absolute atomic E-state index is 0.0321. The van der Waals surface area contributed by atoms with E-state index in [1.165, 1.54) is 29.2 Å². The lowest BCUT2D eigenvalue weighted by Gasteiger charge is -2.32. The summed E-state index contributed by atoms with van der Waals surface area (Å²) in [7, 11) is 0. The molecule has 5 N–H and O–H groups in total. The molecule has 0 saturated carbocycles. The Morgan fingerprint density at radius 3 is 2.67 bits per heavy atom. The van der Waals surface area contributed by atoms with Crippen LogP contribution in [0.2, 0.25) is 0 Å². The van der Waals surface area contributed by atoms with Crippen molar-refractivity contribution in [2.45, 2.75) is 31.5 Å². The van der Waals surface area contributed by atoms with Gasteiger partial charge in [-0.1, -0.05) is 24.3 Å². The first kappa shape index (κ1) is 27.2. The molecule has 0 bridgehead atoms. The maximum atomic E-state index is 14.1. The number of ether oxygens (including phenoxy) is 1. The third-order valence-electron chi connectivity index (χ3n) is 6.71. The van der Waals surface area contributed by atoms with Gasteiger partial charge in [0.1, 0.15) is 16.7 Å². The van der Waals surface area contributed by atoms with E-state index in [-0.39, 0.29) is 35.5 Å². The normalized spacial score (nSPS) is 15.6. The zero-order chi connectivity index (χ0) is 28.2. The molecule has 1 aliphatic rings. The molecule has 3 heterocycles. The SMILES string of the molecule is NC(=O)c1nsc(C(=O)N(Cc2ccc(F)cc2)[C@@H](C(=O)NC[C@@H]2CCCO2)c2ccc3ncccc3c2)c1N. The smallest absolute Gasteiger partial charge is 0.270 e. The Balaban J connectivity index is 1.59. The number of primary amides is 1. The van der Waals surface area contributed by atoms with E-state index in [0.717, 1.165) is 35.3 Å². The van der Waals surface area contributed by atoms with Crippen molar-refractivity contribution in [3.8, 4) is 0 Å². The number of anilines is 1. The molecular weight excluding hydrogens is 535 g/mol. The van der Waals surface area contributed by atoms with Crippen LogP contribution in [0.3, 0.4) is 0 Å². The monoisotopic (exact) mass is 562 g/mol. The molecular formula is C28H27FN6O4S. The van der Waals surface area contributed by atoms with Crippen LogP contribution in [-0.2, 0) is 16.1 Å². The summed E-state index contributed by atoms with van der Waals surface area (Å²) in [4.78, 5) is 45.4. The molecule has 0 aliphatic carbocycles. The van der Waals surface area contributed by atoms with Crippen LogP contribution in [0.1, 0.15) is 50.2 Å². The predicted octanol–water partition coefficient (Wildman–Crippen LogP) is 3.19. The van der Waals surface area contributed by atoms with Crippen LogP contribution in [0.15, 0.2) is 60.8 Å². The average Bonchev–Trinajstić information content (AvgIpc) is 3.62. The van der Waals surface area contributed by atoms with Crippen LogP contribution in [0.25, 0.3) is 10.9 Å². The number of nitrogens with two attached hydrogens (primary N) is 2. The summed E-state index contributed by atoms with van der Waals surface area (Å²) in [5, 5.41) is 3.72. The van der Waals surface area contributed by atoms with Crippen molar-refractivity contribution in [2.75, 3.05) is 18.9 Å². The molecule has 0 spiro atoms. The van der Waals surface area contributed by atoms with Crippen molar-refractivity contribution in [1.29, 1.82) is 0 Å². The van der Waals surface area contributed by atoms with E-state index in [9.17, 15) is 18.8 Å². The number of rotatable bonds is 9. The standard InChI is InChI=1S/C28H27FN6O4S/c29-19-8-5-16(6-9-19)15-35(28(38)25-22(30)23(26(31)36)34-40-25)24(27(37)33-14-20-4-2-12-39-20)18-7-10-21-17(13-18)3-1-11-32-21/h1,3,5-11,13,20,24H,2,4,12,14-15,30H2,(H2,31,36)(H,33,37)/t20-,24+/m0/s1. The van der Waals surface area contributed by atoms with E-state index in [1.807, 2.05) is 6.07 Å². The fourth-order valence-electron chi connectivity index (χ4n) is 4.68. The first-order valence-electron chi connectivity index (χ1n) is 12.7. The third kappa shape index (κ3) is 5.77. The Labute approximate surface area is 233 Å². The van der Waals surface area contributed by atoms with E-state index >= 15 is 0 Å². The second kappa shape index (κ2) is 11.8. The summed E-state index contributed by atoms with van der Waals surface area (Å²) >= 11 is 0.726. The molecule has 40 heavy (non-hydrogen) atoms. The Bertz CT molecular complexity index is 1550. The number of fused-ring (bicyclic) bond motifs is 1. The summed E-state index contributed by atoms with van der Waals surface area (Å²) in [5.41, 5.74) is 12.9. The molecule has 2 atom stereocenters. The highest BCUT2D eigenvalue weighted by Gasteiger charge is 2.35. The van der Waals surface area contributed by atoms with Gasteiger partial charge >= 0.3 is 0 Å². The van der Waals surface area contributed by atoms with Gasteiger partial charge in [-0.3, -0.25) is 19.4 Å². The van der Waals surface area contributed by atoms with Gasteiger partial charge in [0.15, 0.2) is 5.69 Å². The summed E-state index contributed by atoms with van der Waals surface area (Å²) in [5.74, 6) is -2.37. The lowest BCUT2D eigenvalue weighted by atomic mass is 10.00. The highest BCUT2D eigenvalue weighted by atomic mass is 32.1. The van der Waals surface area contributed by atoms with Gasteiger partial charge in [0, 0.05) is 31.3 Å². The largest absolute Gasteiger partial charge is 0.395 e. The molecule has 1 fully saturated rings. The van der Waals surface area contributed by atoms with Gasteiger partial charge in [-0.2, -0.15) is 4.37 Å². The number of nitrogens with one attached hydrogen (secondary N) is 1. The molecule has 12 heteroatoms. The van der Waals surface area contributed by atoms with Crippen LogP contribution >= 0.6 is 11.5 Å². The minimum atomic E-state index is -1.12. The average molecular weight is 563 g/mol. The number of carbonyl (C=O) groups excluding carboxylic acids is 3. The number of halogens is 1. The quantitative estimate of drug-likeness (QED) is 0.283. The van der Waals surface area contributed by atoms with E-state index in [4.69, 9.17) is 16.2 Å². The first-order valence-corrected chi connectivity index (χ1v) is 13.4. The molecule has 1 aliphatic heterocycles. The van der Waals surface area contributed by atoms with Crippen molar-refractivity contribution >= 4 is 45.8 Å². The van der Waals surface area contributed by atoms with Crippen molar-refractivity contribution in [3.63, 3.8) is 0 Å². The number of aromatic nitrogens is 2. The number of nitrogen functional groups attached to an aromatic ring is 1. The number of benzene rings is 2. The third-order valence-corrected chi connectivity index (χ3v) is 7.56. The van der Waals surface area contributed by atoms with Gasteiger partial charge in [0.25, 0.3) is 11.8 Å². The maximum Gasteiger partial charge on any atom is 0.270 e. The van der Waals surface area contributed by atoms with Gasteiger partial charge in [-0.15, -0.1) is 0 Å². The lowest BCUT2D eigenvalue weighted by molar-refractivity contribution is -0.126. The summed E-state index contributed by atoms with van der Waals surface area (Å²) in [6.07, 6.45) is 3.27. The molecule has 206 valence electrons. The molecule has 10 nitrogen and oxygen atoms in total. The van der Waals surface area contributed by atoms with E-state index in [2.05, 4.69) is 14.7 Å². The number of hydrogen-bond donors (Lipinski definition) is 3. The van der Waals surface area contributed by atoms with Crippen molar-refractivity contribution < 1.29 is 23.5 Å². The zero-order valence-electron chi connectivity index (χ0n) is 21.4. The van der Waals surface area contributed by atoms with Crippen LogP contribution in [-0.4, -0.2) is 51.2 Å². The maximum absolute atomic E-state index is 14.1. The molecule has 0 radical (unpaired) electrons. The summed E-state index contributed by atoms with van der Waals surface area (Å²) in [6.45, 7) is 0.840. The number of nitrogens with zero attached hydrogens (tertiary/aromatic N) is 3. The lowest BCUT2D eigenvalue weighted by Crippen LogP contribution is -2.45. The zero-order valence-corrected chi connectivity index (χ0v) is 22.2. The van der Waals surface area contributed by atoms with E-state index in [1.54, 1.807) is 30.5 Å². The second-order valence-corrected chi connectivity index (χ2v) is 10.2. The Morgan fingerprint density at radius 1 is 1.18 bits per heavy atom. The highest BCUT2D eigenvalue weighted by molar-refractivity contribution is 7.09. The summed E-state index contributed by atoms with van der Waals surface area (Å²) < 4.78 is 23.3. The van der Waals surface area contributed by atoms with Gasteiger partial charge in [0.2, 0.25) is 5.91 Å². The second-order valence-electron chi connectivity index (χ2n) is 9.44. The van der Waals surface area contributed by atoms with Crippen LogP contribution < -0.4 is 16.8 Å². The highest BCUT2D eigenvalue weighted by Crippen LogP contribution is 2.31. The molecule has 0 unspecified atom stereocenters. The van der Waals surface area contributed by atoms with E-state index in [0.29, 0.717) is 17.7 Å².